The topological polar surface area (TPSA) is 27.7 Å². The van der Waals surface area contributed by atoms with Crippen LogP contribution in [0.25, 0.3) is 0 Å². The van der Waals surface area contributed by atoms with Crippen molar-refractivity contribution in [3.05, 3.63) is 60.7 Å². The van der Waals surface area contributed by atoms with Crippen LogP contribution in [0.1, 0.15) is 52.9 Å². The Bertz CT molecular complexity index is 778. The Balaban J connectivity index is 1.79. The van der Waals surface area contributed by atoms with E-state index in [4.69, 9.17) is 20.3 Å². The van der Waals surface area contributed by atoms with Crippen LogP contribution in [0.4, 0.5) is 0 Å². The predicted molar refractivity (Wildman–Crippen MR) is 130 cm³/mol. The average molecular weight is 437 g/mol. The van der Waals surface area contributed by atoms with Gasteiger partial charge in [-0.1, -0.05) is 87.4 Å². The number of benzene rings is 2. The lowest BCUT2D eigenvalue weighted by Crippen LogP contribution is -2.67. The van der Waals surface area contributed by atoms with E-state index in [1.54, 1.807) is 0 Å². The van der Waals surface area contributed by atoms with Crippen molar-refractivity contribution in [2.45, 2.75) is 70.3 Å². The molecule has 1 aliphatic rings. The third-order valence-electron chi connectivity index (χ3n) is 5.97. The van der Waals surface area contributed by atoms with Crippen molar-refractivity contribution in [1.82, 2.24) is 0 Å². The molecule has 0 aliphatic carbocycles. The van der Waals surface area contributed by atoms with Gasteiger partial charge in [0, 0.05) is 13.2 Å². The van der Waals surface area contributed by atoms with Crippen LogP contribution in [0.3, 0.4) is 0 Å². The standard InChI is InChI=1S/C27H36O3Si/c1-5-23(15-14-22-29-26-20-12-13-21-28-26)30-31(27(2,3)4,24-16-8-6-9-17-24)25-18-10-7-11-19-25/h1,6-11,16-19,23,26H,12-15,20-22H2,2-4H3. The van der Waals surface area contributed by atoms with E-state index in [0.717, 1.165) is 32.3 Å². The third-order valence-corrected chi connectivity index (χ3v) is 11.0. The molecule has 2 aromatic carbocycles. The molecular weight excluding hydrogens is 400 g/mol. The Labute approximate surface area is 189 Å². The van der Waals surface area contributed by atoms with Gasteiger partial charge in [-0.2, -0.15) is 0 Å². The molecule has 0 spiro atoms. The van der Waals surface area contributed by atoms with E-state index in [2.05, 4.69) is 87.4 Å². The average Bonchev–Trinajstić information content (AvgIpc) is 2.80. The van der Waals surface area contributed by atoms with Crippen molar-refractivity contribution in [2.75, 3.05) is 13.2 Å². The summed E-state index contributed by atoms with van der Waals surface area (Å²) < 4.78 is 18.6. The van der Waals surface area contributed by atoms with Crippen LogP contribution < -0.4 is 10.4 Å². The maximum atomic E-state index is 7.03. The fourth-order valence-corrected chi connectivity index (χ4v) is 9.03. The van der Waals surface area contributed by atoms with Gasteiger partial charge in [0.05, 0.1) is 0 Å². The second-order valence-electron chi connectivity index (χ2n) is 9.25. The number of rotatable bonds is 9. The van der Waals surface area contributed by atoms with E-state index in [9.17, 15) is 0 Å². The zero-order chi connectivity index (χ0) is 22.2. The lowest BCUT2D eigenvalue weighted by Gasteiger charge is -2.44. The highest BCUT2D eigenvalue weighted by atomic mass is 28.4. The lowest BCUT2D eigenvalue weighted by atomic mass is 10.2. The summed E-state index contributed by atoms with van der Waals surface area (Å²) in [6.07, 6.45) is 10.6. The van der Waals surface area contributed by atoms with Gasteiger partial charge in [0.2, 0.25) is 0 Å². The zero-order valence-corrected chi connectivity index (χ0v) is 20.2. The fraction of sp³-hybridized carbons (Fsp3) is 0.481. The molecule has 4 heteroatoms. The summed E-state index contributed by atoms with van der Waals surface area (Å²) in [5.74, 6) is 2.93. The van der Waals surface area contributed by atoms with E-state index in [-0.39, 0.29) is 17.4 Å². The Hall–Kier alpha value is -1.90. The predicted octanol–water partition coefficient (Wildman–Crippen LogP) is 4.89. The Morgan fingerprint density at radius 3 is 2.13 bits per heavy atom. The first kappa shape index (κ1) is 23.8. The van der Waals surface area contributed by atoms with Crippen molar-refractivity contribution < 1.29 is 13.9 Å². The molecule has 0 radical (unpaired) electrons. The molecule has 1 aliphatic heterocycles. The second kappa shape index (κ2) is 11.1. The van der Waals surface area contributed by atoms with Crippen molar-refractivity contribution in [1.29, 1.82) is 0 Å². The van der Waals surface area contributed by atoms with Gasteiger partial charge < -0.3 is 13.9 Å². The quantitative estimate of drug-likeness (QED) is 0.318. The smallest absolute Gasteiger partial charge is 0.262 e. The van der Waals surface area contributed by atoms with Crippen LogP contribution in [0.2, 0.25) is 5.04 Å². The summed E-state index contributed by atoms with van der Waals surface area (Å²) in [4.78, 5) is 0. The van der Waals surface area contributed by atoms with Gasteiger partial charge in [-0.3, -0.25) is 0 Å². The molecule has 31 heavy (non-hydrogen) atoms. The molecule has 0 saturated carbocycles. The normalized spacial score (nSPS) is 18.3. The van der Waals surface area contributed by atoms with Crippen LogP contribution in [0, 0.1) is 12.3 Å². The van der Waals surface area contributed by atoms with E-state index >= 15 is 0 Å². The van der Waals surface area contributed by atoms with Crippen molar-refractivity contribution in [3.63, 3.8) is 0 Å². The molecule has 1 fully saturated rings. The number of ether oxygens (including phenoxy) is 2. The van der Waals surface area contributed by atoms with E-state index in [1.165, 1.54) is 16.8 Å². The molecular formula is C27H36O3Si. The van der Waals surface area contributed by atoms with Gasteiger partial charge in [-0.05, 0) is 47.5 Å². The number of hydrogen-bond donors (Lipinski definition) is 0. The van der Waals surface area contributed by atoms with Gasteiger partial charge in [0.1, 0.15) is 6.10 Å². The van der Waals surface area contributed by atoms with Crippen LogP contribution in [-0.4, -0.2) is 33.9 Å². The zero-order valence-electron chi connectivity index (χ0n) is 19.2. The van der Waals surface area contributed by atoms with Crippen molar-refractivity contribution >= 4 is 18.7 Å². The molecule has 1 heterocycles. The molecule has 2 atom stereocenters. The maximum Gasteiger partial charge on any atom is 0.262 e. The SMILES string of the molecule is C#CC(CCCOC1CCCCO1)O[Si](c1ccccc1)(c1ccccc1)C(C)(C)C. The summed E-state index contributed by atoms with van der Waals surface area (Å²) in [5.41, 5.74) is 0. The van der Waals surface area contributed by atoms with Crippen molar-refractivity contribution in [3.8, 4) is 12.3 Å². The Morgan fingerprint density at radius 1 is 1.03 bits per heavy atom. The third kappa shape index (κ3) is 5.87. The molecule has 1 saturated heterocycles. The first-order chi connectivity index (χ1) is 15.0. The lowest BCUT2D eigenvalue weighted by molar-refractivity contribution is -0.163. The monoisotopic (exact) mass is 436 g/mol. The minimum absolute atomic E-state index is 0.0596. The Kier molecular flexibility index (Phi) is 8.51. The first-order valence-corrected chi connectivity index (χ1v) is 13.4. The molecule has 2 unspecified atom stereocenters. The fourth-order valence-electron chi connectivity index (χ4n) is 4.41. The molecule has 3 rings (SSSR count). The molecule has 0 N–H and O–H groups in total. The van der Waals surface area contributed by atoms with Gasteiger partial charge in [-0.25, -0.2) is 0 Å². The highest BCUT2D eigenvalue weighted by Crippen LogP contribution is 2.37. The summed E-state index contributed by atoms with van der Waals surface area (Å²) in [6, 6.07) is 21.3. The van der Waals surface area contributed by atoms with Crippen molar-refractivity contribution in [2.24, 2.45) is 0 Å². The summed E-state index contributed by atoms with van der Waals surface area (Å²) in [6.45, 7) is 8.27. The molecule has 166 valence electrons. The summed E-state index contributed by atoms with van der Waals surface area (Å²) in [7, 11) is -2.63. The minimum atomic E-state index is -2.63. The largest absolute Gasteiger partial charge is 0.394 e. The van der Waals surface area contributed by atoms with E-state index in [1.807, 2.05) is 0 Å². The summed E-state index contributed by atoms with van der Waals surface area (Å²) in [5, 5.41) is 2.42. The van der Waals surface area contributed by atoms with Crippen LogP contribution >= 0.6 is 0 Å². The Morgan fingerprint density at radius 2 is 1.65 bits per heavy atom. The van der Waals surface area contributed by atoms with E-state index in [0.29, 0.717) is 6.61 Å². The number of hydrogen-bond acceptors (Lipinski definition) is 3. The first-order valence-electron chi connectivity index (χ1n) is 11.5. The van der Waals surface area contributed by atoms with Gasteiger partial charge >= 0.3 is 0 Å². The molecule has 0 aromatic heterocycles. The highest BCUT2D eigenvalue weighted by Gasteiger charge is 2.51. The molecule has 0 amide bonds. The second-order valence-corrected chi connectivity index (χ2v) is 13.5. The summed E-state index contributed by atoms with van der Waals surface area (Å²) >= 11 is 0. The van der Waals surface area contributed by atoms with Crippen LogP contribution in [0.15, 0.2) is 60.7 Å². The van der Waals surface area contributed by atoms with Crippen LogP contribution in [0.5, 0.6) is 0 Å². The highest BCUT2D eigenvalue weighted by molar-refractivity contribution is 6.99. The molecule has 2 aromatic rings. The van der Waals surface area contributed by atoms with Gasteiger partial charge in [0.25, 0.3) is 8.32 Å². The maximum absolute atomic E-state index is 7.03. The minimum Gasteiger partial charge on any atom is -0.394 e. The molecule has 3 nitrogen and oxygen atoms in total. The number of terminal acetylenes is 1. The van der Waals surface area contributed by atoms with Gasteiger partial charge in [-0.15, -0.1) is 6.42 Å². The molecule has 0 bridgehead atoms. The van der Waals surface area contributed by atoms with E-state index < -0.39 is 8.32 Å². The van der Waals surface area contributed by atoms with Crippen LogP contribution in [-0.2, 0) is 13.9 Å². The van der Waals surface area contributed by atoms with Gasteiger partial charge in [0.15, 0.2) is 6.29 Å².